The van der Waals surface area contributed by atoms with E-state index in [9.17, 15) is 9.90 Å². The summed E-state index contributed by atoms with van der Waals surface area (Å²) in [6.07, 6.45) is 0. The number of hydrogen-bond donors (Lipinski definition) is 3. The molecular weight excluding hydrogens is 386 g/mol. The number of aromatic hydroxyl groups is 1. The van der Waals surface area contributed by atoms with Crippen LogP contribution in [0.3, 0.4) is 0 Å². The van der Waals surface area contributed by atoms with E-state index < -0.39 is 5.97 Å². The first-order valence-corrected chi connectivity index (χ1v) is 5.64. The van der Waals surface area contributed by atoms with Gasteiger partial charge in [0.05, 0.1) is 20.2 Å². The summed E-state index contributed by atoms with van der Waals surface area (Å²) >= 11 is 9.09. The normalized spacial score (nSPS) is 10.2. The van der Waals surface area contributed by atoms with Gasteiger partial charge in [0.25, 0.3) is 0 Å². The highest BCUT2D eigenvalue weighted by molar-refractivity contribution is 9.13. The molecule has 0 atom stereocenters. The van der Waals surface area contributed by atoms with Gasteiger partial charge in [0.1, 0.15) is 0 Å². The molecule has 0 heterocycles. The molecule has 0 bridgehead atoms. The minimum atomic E-state index is -1.17. The van der Waals surface area contributed by atoms with Gasteiger partial charge in [-0.05, 0) is 47.8 Å². The van der Waals surface area contributed by atoms with Crippen LogP contribution in [0.4, 0.5) is 5.69 Å². The Bertz CT molecular complexity index is 390. The Labute approximate surface area is 104 Å². The first kappa shape index (κ1) is 11.8. The molecular formula is C7H4Br3NO3. The fourth-order valence-corrected chi connectivity index (χ4v) is 2.67. The van der Waals surface area contributed by atoms with Crippen molar-refractivity contribution >= 4 is 59.4 Å². The van der Waals surface area contributed by atoms with Crippen LogP contribution in [0.2, 0.25) is 0 Å². The van der Waals surface area contributed by atoms with Crippen molar-refractivity contribution < 1.29 is 15.0 Å². The molecule has 0 amide bonds. The third-order valence-corrected chi connectivity index (χ3v) is 4.47. The van der Waals surface area contributed by atoms with Crippen LogP contribution in [0.25, 0.3) is 0 Å². The number of carboxylic acids is 1. The van der Waals surface area contributed by atoms with E-state index >= 15 is 0 Å². The van der Waals surface area contributed by atoms with Crippen LogP contribution < -0.4 is 5.73 Å². The van der Waals surface area contributed by atoms with Crippen LogP contribution in [0.15, 0.2) is 13.4 Å². The van der Waals surface area contributed by atoms with Gasteiger partial charge in [0, 0.05) is 4.47 Å². The van der Waals surface area contributed by atoms with Gasteiger partial charge in [-0.3, -0.25) is 0 Å². The average Bonchev–Trinajstić information content (AvgIpc) is 2.11. The van der Waals surface area contributed by atoms with Gasteiger partial charge >= 0.3 is 5.97 Å². The van der Waals surface area contributed by atoms with Crippen molar-refractivity contribution in [3.05, 3.63) is 19.0 Å². The number of hydrogen-bond acceptors (Lipinski definition) is 3. The molecule has 0 fully saturated rings. The number of halogens is 3. The quantitative estimate of drug-likeness (QED) is 0.392. The smallest absolute Gasteiger partial charge is 0.338 e. The van der Waals surface area contributed by atoms with Crippen molar-refractivity contribution in [3.63, 3.8) is 0 Å². The van der Waals surface area contributed by atoms with E-state index in [0.717, 1.165) is 0 Å². The van der Waals surface area contributed by atoms with E-state index in [-0.39, 0.29) is 25.9 Å². The summed E-state index contributed by atoms with van der Waals surface area (Å²) in [5.74, 6) is -1.46. The Kier molecular flexibility index (Phi) is 3.44. The van der Waals surface area contributed by atoms with E-state index in [1.54, 1.807) is 0 Å². The molecule has 0 aliphatic heterocycles. The minimum Gasteiger partial charge on any atom is -0.505 e. The standard InChI is InChI=1S/C7H4Br3NO3/c8-2-1(7(13)14)3(9)6(12)5(11)4(2)10/h12H,11H2,(H,13,14). The van der Waals surface area contributed by atoms with Crippen LogP contribution in [0.5, 0.6) is 5.75 Å². The number of phenolic OH excluding ortho intramolecular Hbond substituents is 1. The topological polar surface area (TPSA) is 83.5 Å². The largest absolute Gasteiger partial charge is 0.505 e. The summed E-state index contributed by atoms with van der Waals surface area (Å²) in [4.78, 5) is 10.8. The molecule has 14 heavy (non-hydrogen) atoms. The molecule has 1 rings (SSSR count). The SMILES string of the molecule is Nc1c(O)c(Br)c(C(=O)O)c(Br)c1Br. The van der Waals surface area contributed by atoms with Gasteiger partial charge in [0.15, 0.2) is 5.75 Å². The van der Waals surface area contributed by atoms with Gasteiger partial charge in [0.2, 0.25) is 0 Å². The second-order valence-corrected chi connectivity index (χ2v) is 4.76. The Morgan fingerprint density at radius 2 is 1.64 bits per heavy atom. The summed E-state index contributed by atoms with van der Waals surface area (Å²) in [7, 11) is 0. The first-order chi connectivity index (χ1) is 6.37. The monoisotopic (exact) mass is 387 g/mol. The zero-order chi connectivity index (χ0) is 11.0. The second kappa shape index (κ2) is 4.08. The van der Waals surface area contributed by atoms with Crippen LogP contribution in [-0.4, -0.2) is 16.2 Å². The highest BCUT2D eigenvalue weighted by Crippen LogP contribution is 2.44. The molecule has 76 valence electrons. The molecule has 0 radical (unpaired) electrons. The Balaban J connectivity index is 3.68. The number of nitrogens with two attached hydrogens (primary N) is 1. The number of anilines is 1. The zero-order valence-electron chi connectivity index (χ0n) is 6.51. The summed E-state index contributed by atoms with van der Waals surface area (Å²) in [5.41, 5.74) is 5.50. The zero-order valence-corrected chi connectivity index (χ0v) is 11.3. The lowest BCUT2D eigenvalue weighted by molar-refractivity contribution is 0.0694. The number of nitrogen functional groups attached to an aromatic ring is 1. The summed E-state index contributed by atoms with van der Waals surface area (Å²) in [6, 6.07) is 0. The fourth-order valence-electron chi connectivity index (χ4n) is 0.853. The van der Waals surface area contributed by atoms with Gasteiger partial charge in [-0.25, -0.2) is 4.79 Å². The van der Waals surface area contributed by atoms with Crippen LogP contribution in [0, 0.1) is 0 Å². The van der Waals surface area contributed by atoms with Crippen LogP contribution in [0.1, 0.15) is 10.4 Å². The predicted octanol–water partition coefficient (Wildman–Crippen LogP) is 2.96. The molecule has 7 heteroatoms. The third kappa shape index (κ3) is 1.76. The third-order valence-electron chi connectivity index (χ3n) is 1.55. The van der Waals surface area contributed by atoms with Gasteiger partial charge in [-0.2, -0.15) is 0 Å². The van der Waals surface area contributed by atoms with Crippen molar-refractivity contribution in [2.45, 2.75) is 0 Å². The number of rotatable bonds is 1. The number of aromatic carboxylic acids is 1. The van der Waals surface area contributed by atoms with Crippen LogP contribution in [-0.2, 0) is 0 Å². The predicted molar refractivity (Wildman–Crippen MR) is 62.6 cm³/mol. The molecule has 0 spiro atoms. The highest BCUT2D eigenvalue weighted by Gasteiger charge is 2.22. The molecule has 0 unspecified atom stereocenters. The van der Waals surface area contributed by atoms with E-state index in [2.05, 4.69) is 47.8 Å². The average molecular weight is 390 g/mol. The molecule has 0 aromatic heterocycles. The van der Waals surface area contributed by atoms with Crippen LogP contribution >= 0.6 is 47.8 Å². The van der Waals surface area contributed by atoms with Crippen molar-refractivity contribution in [1.29, 1.82) is 0 Å². The maximum Gasteiger partial charge on any atom is 0.338 e. The maximum absolute atomic E-state index is 10.8. The van der Waals surface area contributed by atoms with E-state index in [1.807, 2.05) is 0 Å². The lowest BCUT2D eigenvalue weighted by Crippen LogP contribution is -2.02. The van der Waals surface area contributed by atoms with E-state index in [1.165, 1.54) is 0 Å². The molecule has 0 saturated heterocycles. The maximum atomic E-state index is 10.8. The molecule has 0 aliphatic carbocycles. The summed E-state index contributed by atoms with van der Waals surface area (Å²) < 4.78 is 0.653. The molecule has 0 saturated carbocycles. The van der Waals surface area contributed by atoms with Crippen molar-refractivity contribution in [1.82, 2.24) is 0 Å². The Morgan fingerprint density at radius 1 is 1.14 bits per heavy atom. The van der Waals surface area contributed by atoms with Gasteiger partial charge < -0.3 is 15.9 Å². The Morgan fingerprint density at radius 3 is 2.07 bits per heavy atom. The number of carboxylic acid groups (broad SMARTS) is 1. The van der Waals surface area contributed by atoms with Crippen molar-refractivity contribution in [3.8, 4) is 5.75 Å². The lowest BCUT2D eigenvalue weighted by atomic mass is 10.2. The Hall–Kier alpha value is -0.270. The molecule has 4 N–H and O–H groups in total. The number of phenols is 1. The fraction of sp³-hybridized carbons (Fsp3) is 0. The number of benzene rings is 1. The van der Waals surface area contributed by atoms with E-state index in [4.69, 9.17) is 10.8 Å². The first-order valence-electron chi connectivity index (χ1n) is 3.26. The molecule has 4 nitrogen and oxygen atoms in total. The van der Waals surface area contributed by atoms with Crippen molar-refractivity contribution in [2.24, 2.45) is 0 Å². The lowest BCUT2D eigenvalue weighted by Gasteiger charge is -2.10. The van der Waals surface area contributed by atoms with Gasteiger partial charge in [-0.15, -0.1) is 0 Å². The van der Waals surface area contributed by atoms with Gasteiger partial charge in [-0.1, -0.05) is 0 Å². The molecule has 0 aliphatic rings. The highest BCUT2D eigenvalue weighted by atomic mass is 79.9. The minimum absolute atomic E-state index is 0.0533. The number of carbonyl (C=O) groups is 1. The van der Waals surface area contributed by atoms with E-state index in [0.29, 0.717) is 4.47 Å². The summed E-state index contributed by atoms with van der Waals surface area (Å²) in [6.45, 7) is 0. The summed E-state index contributed by atoms with van der Waals surface area (Å²) in [5, 5.41) is 18.3. The second-order valence-electron chi connectivity index (χ2n) is 2.38. The molecule has 1 aromatic rings. The molecule has 1 aromatic carbocycles. The van der Waals surface area contributed by atoms with Crippen molar-refractivity contribution in [2.75, 3.05) is 5.73 Å².